The standard InChI is InChI=1S/C19H23N3O3/c1-13-3-2-4-16(11-13)24-12-17(23)22-9-7-15(8-10-22)19-21-20-18(25-19)14-5-6-14/h2-4,11,14-15H,5-10,12H2,1H3. The van der Waals surface area contributed by atoms with Crippen LogP contribution in [0.25, 0.3) is 0 Å². The molecule has 1 saturated carbocycles. The number of nitrogens with zero attached hydrogens (tertiary/aromatic N) is 3. The van der Waals surface area contributed by atoms with E-state index >= 15 is 0 Å². The van der Waals surface area contributed by atoms with Crippen LogP contribution in [0.1, 0.15) is 54.9 Å². The summed E-state index contributed by atoms with van der Waals surface area (Å²) in [5, 5.41) is 8.37. The SMILES string of the molecule is Cc1cccc(OCC(=O)N2CCC(c3nnc(C4CC4)o3)CC2)c1. The van der Waals surface area contributed by atoms with Gasteiger partial charge in [0.25, 0.3) is 5.91 Å². The van der Waals surface area contributed by atoms with Gasteiger partial charge in [-0.3, -0.25) is 4.79 Å². The number of aromatic nitrogens is 2. The summed E-state index contributed by atoms with van der Waals surface area (Å²) in [6, 6.07) is 7.75. The molecule has 0 bridgehead atoms. The number of piperidine rings is 1. The van der Waals surface area contributed by atoms with Gasteiger partial charge in [-0.05, 0) is 50.3 Å². The summed E-state index contributed by atoms with van der Waals surface area (Å²) in [6.45, 7) is 3.51. The zero-order valence-corrected chi connectivity index (χ0v) is 14.5. The van der Waals surface area contributed by atoms with Crippen molar-refractivity contribution in [1.82, 2.24) is 15.1 Å². The van der Waals surface area contributed by atoms with E-state index in [1.54, 1.807) is 0 Å². The molecular formula is C19H23N3O3. The van der Waals surface area contributed by atoms with E-state index in [2.05, 4.69) is 10.2 Å². The molecule has 132 valence electrons. The minimum atomic E-state index is 0.0316. The summed E-state index contributed by atoms with van der Waals surface area (Å²) in [4.78, 5) is 14.2. The zero-order valence-electron chi connectivity index (χ0n) is 14.5. The Morgan fingerprint density at radius 1 is 1.16 bits per heavy atom. The molecular weight excluding hydrogens is 318 g/mol. The second-order valence-electron chi connectivity index (χ2n) is 7.01. The minimum Gasteiger partial charge on any atom is -0.484 e. The molecule has 1 saturated heterocycles. The average Bonchev–Trinajstić information content (AvgIpc) is 3.37. The third kappa shape index (κ3) is 3.83. The first-order chi connectivity index (χ1) is 12.2. The first-order valence-electron chi connectivity index (χ1n) is 8.99. The van der Waals surface area contributed by atoms with Crippen LogP contribution in [-0.2, 0) is 4.79 Å². The molecule has 25 heavy (non-hydrogen) atoms. The van der Waals surface area contributed by atoms with Gasteiger partial charge in [0.2, 0.25) is 11.8 Å². The molecule has 1 aromatic carbocycles. The number of amides is 1. The second kappa shape index (κ2) is 6.86. The van der Waals surface area contributed by atoms with E-state index in [4.69, 9.17) is 9.15 Å². The lowest BCUT2D eigenvalue weighted by molar-refractivity contribution is -0.134. The first-order valence-corrected chi connectivity index (χ1v) is 8.99. The number of hydrogen-bond acceptors (Lipinski definition) is 5. The molecule has 6 nitrogen and oxygen atoms in total. The van der Waals surface area contributed by atoms with Gasteiger partial charge in [-0.1, -0.05) is 12.1 Å². The van der Waals surface area contributed by atoms with Crippen molar-refractivity contribution in [2.45, 2.75) is 44.4 Å². The van der Waals surface area contributed by atoms with Gasteiger partial charge in [0.15, 0.2) is 6.61 Å². The molecule has 0 atom stereocenters. The summed E-state index contributed by atoms with van der Waals surface area (Å²) in [6.07, 6.45) is 4.05. The third-order valence-corrected chi connectivity index (χ3v) is 4.93. The molecule has 1 amide bonds. The Balaban J connectivity index is 1.26. The van der Waals surface area contributed by atoms with E-state index in [0.29, 0.717) is 19.0 Å². The number of likely N-dealkylation sites (tertiary alicyclic amines) is 1. The smallest absolute Gasteiger partial charge is 0.260 e. The van der Waals surface area contributed by atoms with Gasteiger partial charge in [-0.2, -0.15) is 0 Å². The Kier molecular flexibility index (Phi) is 4.42. The predicted octanol–water partition coefficient (Wildman–Crippen LogP) is 3.04. The van der Waals surface area contributed by atoms with Crippen LogP contribution in [0.4, 0.5) is 0 Å². The van der Waals surface area contributed by atoms with Gasteiger partial charge < -0.3 is 14.1 Å². The number of ether oxygens (including phenoxy) is 1. The van der Waals surface area contributed by atoms with Crippen LogP contribution in [0, 0.1) is 6.92 Å². The normalized spacial score (nSPS) is 18.4. The summed E-state index contributed by atoms with van der Waals surface area (Å²) in [5.41, 5.74) is 1.12. The molecule has 1 aliphatic heterocycles. The maximum absolute atomic E-state index is 12.4. The zero-order chi connectivity index (χ0) is 17.2. The minimum absolute atomic E-state index is 0.0316. The number of hydrogen-bond donors (Lipinski definition) is 0. The number of benzene rings is 1. The summed E-state index contributed by atoms with van der Waals surface area (Å²) < 4.78 is 11.4. The maximum Gasteiger partial charge on any atom is 0.260 e. The fraction of sp³-hybridized carbons (Fsp3) is 0.526. The molecule has 2 heterocycles. The average molecular weight is 341 g/mol. The van der Waals surface area contributed by atoms with Crippen molar-refractivity contribution in [3.63, 3.8) is 0 Å². The Morgan fingerprint density at radius 3 is 2.48 bits per heavy atom. The highest BCUT2D eigenvalue weighted by Gasteiger charge is 2.32. The van der Waals surface area contributed by atoms with Gasteiger partial charge in [0.05, 0.1) is 0 Å². The molecule has 1 aromatic heterocycles. The second-order valence-corrected chi connectivity index (χ2v) is 7.01. The molecule has 0 unspecified atom stereocenters. The van der Waals surface area contributed by atoms with Crippen LogP contribution in [0.2, 0.25) is 0 Å². The van der Waals surface area contributed by atoms with Crippen LogP contribution in [0.5, 0.6) is 5.75 Å². The fourth-order valence-electron chi connectivity index (χ4n) is 3.22. The molecule has 6 heteroatoms. The molecule has 2 fully saturated rings. The van der Waals surface area contributed by atoms with E-state index in [-0.39, 0.29) is 18.4 Å². The Morgan fingerprint density at radius 2 is 1.84 bits per heavy atom. The van der Waals surface area contributed by atoms with Gasteiger partial charge in [-0.25, -0.2) is 0 Å². The molecule has 0 spiro atoms. The first kappa shape index (κ1) is 16.1. The highest BCUT2D eigenvalue weighted by Crippen LogP contribution is 2.40. The quantitative estimate of drug-likeness (QED) is 0.836. The van der Waals surface area contributed by atoms with Crippen molar-refractivity contribution < 1.29 is 13.9 Å². The summed E-state index contributed by atoms with van der Waals surface area (Å²) in [7, 11) is 0. The van der Waals surface area contributed by atoms with E-state index in [9.17, 15) is 4.79 Å². The van der Waals surface area contributed by atoms with Crippen molar-refractivity contribution in [2.24, 2.45) is 0 Å². The van der Waals surface area contributed by atoms with E-state index in [1.807, 2.05) is 36.1 Å². The molecule has 1 aliphatic carbocycles. The largest absolute Gasteiger partial charge is 0.484 e. The van der Waals surface area contributed by atoms with Gasteiger partial charge in [0, 0.05) is 24.9 Å². The predicted molar refractivity (Wildman–Crippen MR) is 91.5 cm³/mol. The van der Waals surface area contributed by atoms with Gasteiger partial charge in [0.1, 0.15) is 5.75 Å². The Bertz CT molecular complexity index is 746. The summed E-state index contributed by atoms with van der Waals surface area (Å²) >= 11 is 0. The monoisotopic (exact) mass is 341 g/mol. The van der Waals surface area contributed by atoms with E-state index in [1.165, 1.54) is 0 Å². The van der Waals surface area contributed by atoms with Crippen molar-refractivity contribution >= 4 is 5.91 Å². The topological polar surface area (TPSA) is 68.5 Å². The lowest BCUT2D eigenvalue weighted by atomic mass is 9.97. The van der Waals surface area contributed by atoms with Crippen LogP contribution in [-0.4, -0.2) is 40.7 Å². The van der Waals surface area contributed by atoms with E-state index < -0.39 is 0 Å². The summed E-state index contributed by atoms with van der Waals surface area (Å²) in [5.74, 6) is 3.05. The highest BCUT2D eigenvalue weighted by molar-refractivity contribution is 5.77. The number of carbonyl (C=O) groups is 1. The highest BCUT2D eigenvalue weighted by atomic mass is 16.5. The molecule has 0 radical (unpaired) electrons. The maximum atomic E-state index is 12.4. The Hall–Kier alpha value is -2.37. The van der Waals surface area contributed by atoms with Crippen molar-refractivity contribution in [1.29, 1.82) is 0 Å². The molecule has 4 rings (SSSR count). The number of carbonyl (C=O) groups excluding carboxylic acids is 1. The molecule has 0 N–H and O–H groups in total. The van der Waals surface area contributed by atoms with Crippen LogP contribution >= 0.6 is 0 Å². The van der Waals surface area contributed by atoms with Crippen LogP contribution in [0.15, 0.2) is 28.7 Å². The van der Waals surface area contributed by atoms with Crippen LogP contribution in [0.3, 0.4) is 0 Å². The lowest BCUT2D eigenvalue weighted by Crippen LogP contribution is -2.40. The van der Waals surface area contributed by atoms with Gasteiger partial charge >= 0.3 is 0 Å². The van der Waals surface area contributed by atoms with Crippen molar-refractivity contribution in [3.05, 3.63) is 41.6 Å². The van der Waals surface area contributed by atoms with E-state index in [0.717, 1.165) is 48.8 Å². The van der Waals surface area contributed by atoms with Crippen molar-refractivity contribution in [3.8, 4) is 5.75 Å². The van der Waals surface area contributed by atoms with Crippen LogP contribution < -0.4 is 4.74 Å². The lowest BCUT2D eigenvalue weighted by Gasteiger charge is -2.30. The number of aryl methyl sites for hydroxylation is 1. The fourth-order valence-corrected chi connectivity index (χ4v) is 3.22. The third-order valence-electron chi connectivity index (χ3n) is 4.93. The Labute approximate surface area is 147 Å². The number of rotatable bonds is 5. The van der Waals surface area contributed by atoms with Crippen molar-refractivity contribution in [2.75, 3.05) is 19.7 Å². The molecule has 2 aromatic rings. The van der Waals surface area contributed by atoms with Gasteiger partial charge in [-0.15, -0.1) is 10.2 Å². The molecule has 2 aliphatic rings.